The van der Waals surface area contributed by atoms with Gasteiger partial charge in [-0.3, -0.25) is 0 Å². The van der Waals surface area contributed by atoms with E-state index in [0.29, 0.717) is 0 Å². The second kappa shape index (κ2) is 16.2. The van der Waals surface area contributed by atoms with E-state index >= 15 is 0 Å². The summed E-state index contributed by atoms with van der Waals surface area (Å²) in [5.74, 6) is 0. The van der Waals surface area contributed by atoms with Gasteiger partial charge >= 0.3 is 153 Å². The predicted octanol–water partition coefficient (Wildman–Crippen LogP) is 2.36. The van der Waals surface area contributed by atoms with Crippen molar-refractivity contribution >= 4 is 29.7 Å². The molecule has 0 N–H and O–H groups in total. The van der Waals surface area contributed by atoms with Gasteiger partial charge in [0.2, 0.25) is 0 Å². The first-order valence-corrected chi connectivity index (χ1v) is 22.3. The first kappa shape index (κ1) is 36.2. The summed E-state index contributed by atoms with van der Waals surface area (Å²) in [5.41, 5.74) is 8.26. The smallest absolute Gasteiger partial charge is 0.0253 e. The molecule has 0 saturated heterocycles. The molecular formula is C37H40Cl2Si2Zr-2. The van der Waals surface area contributed by atoms with Crippen LogP contribution in [0.4, 0.5) is 0 Å². The Morgan fingerprint density at radius 3 is 1.55 bits per heavy atom. The molecule has 0 heterocycles. The third-order valence-electron chi connectivity index (χ3n) is 7.25. The number of halogens is 2. The van der Waals surface area contributed by atoms with Crippen LogP contribution in [0.25, 0.3) is 11.1 Å². The van der Waals surface area contributed by atoms with Crippen LogP contribution in [0.15, 0.2) is 121 Å². The average Bonchev–Trinajstić information content (AvgIpc) is 3.64. The van der Waals surface area contributed by atoms with Crippen LogP contribution in [-0.2, 0) is 30.7 Å². The quantitative estimate of drug-likeness (QED) is 0.196. The van der Waals surface area contributed by atoms with E-state index in [1.54, 1.807) is 0 Å². The van der Waals surface area contributed by atoms with E-state index in [2.05, 4.69) is 130 Å². The summed E-state index contributed by atoms with van der Waals surface area (Å²) in [6.45, 7) is 14.4. The molecule has 0 bridgehead atoms. The van der Waals surface area contributed by atoms with Gasteiger partial charge in [-0.1, -0.05) is 35.4 Å². The molecule has 0 fully saturated rings. The van der Waals surface area contributed by atoms with Crippen molar-refractivity contribution in [1.29, 1.82) is 0 Å². The minimum atomic E-state index is -1.20. The Bertz CT molecular complexity index is 1410. The molecule has 42 heavy (non-hydrogen) atoms. The third-order valence-corrected chi connectivity index (χ3v) is 12.8. The molecule has 5 aromatic carbocycles. The zero-order chi connectivity index (χ0) is 28.8. The monoisotopic (exact) mass is 700 g/mol. The van der Waals surface area contributed by atoms with Crippen LogP contribution >= 0.6 is 0 Å². The molecule has 0 unspecified atom stereocenters. The zero-order valence-electron chi connectivity index (χ0n) is 25.5. The molecule has 0 radical (unpaired) electrons. The van der Waals surface area contributed by atoms with Crippen molar-refractivity contribution in [2.75, 3.05) is 0 Å². The van der Waals surface area contributed by atoms with Crippen LogP contribution in [-0.4, -0.2) is 19.4 Å². The van der Waals surface area contributed by atoms with Crippen molar-refractivity contribution in [2.45, 2.75) is 45.7 Å². The van der Waals surface area contributed by atoms with Gasteiger partial charge in [0, 0.05) is 0 Å². The van der Waals surface area contributed by atoms with Gasteiger partial charge in [0.05, 0.1) is 0 Å². The molecule has 5 aromatic rings. The molecule has 0 aromatic heterocycles. The van der Waals surface area contributed by atoms with Gasteiger partial charge in [-0.15, -0.1) is 5.56 Å². The molecule has 0 aliphatic heterocycles. The molecule has 0 nitrogen and oxygen atoms in total. The summed E-state index contributed by atoms with van der Waals surface area (Å²) in [6.07, 6.45) is 1.05. The van der Waals surface area contributed by atoms with Crippen LogP contribution < -0.4 is 35.2 Å². The van der Waals surface area contributed by atoms with Gasteiger partial charge in [0.25, 0.3) is 0 Å². The number of rotatable bonds is 4. The number of benzene rings is 4. The normalized spacial score (nSPS) is 11.2. The van der Waals surface area contributed by atoms with E-state index in [1.807, 2.05) is 36.4 Å². The summed E-state index contributed by atoms with van der Waals surface area (Å²) >= 11 is 1.48. The van der Waals surface area contributed by atoms with Crippen LogP contribution in [0, 0.1) is 6.07 Å². The molecular weight excluding hydrogens is 663 g/mol. The fourth-order valence-corrected chi connectivity index (χ4v) is 7.91. The minimum absolute atomic E-state index is 0. The molecule has 1 aliphatic rings. The molecule has 0 saturated carbocycles. The predicted molar refractivity (Wildman–Crippen MR) is 178 cm³/mol. The van der Waals surface area contributed by atoms with Gasteiger partial charge in [-0.25, -0.2) is 12.1 Å². The first-order chi connectivity index (χ1) is 19.0. The largest absolute Gasteiger partial charge is 1.00 e. The van der Waals surface area contributed by atoms with Crippen molar-refractivity contribution in [2.24, 2.45) is 0 Å². The maximum atomic E-state index is 3.30. The Balaban J connectivity index is 0.000000258. The molecule has 216 valence electrons. The van der Waals surface area contributed by atoms with Crippen molar-refractivity contribution in [3.63, 3.8) is 0 Å². The Kier molecular flexibility index (Phi) is 13.9. The van der Waals surface area contributed by atoms with E-state index in [4.69, 9.17) is 0 Å². The molecule has 0 spiro atoms. The van der Waals surface area contributed by atoms with E-state index in [9.17, 15) is 0 Å². The minimum Gasteiger partial charge on any atom is -1.00 e. The molecule has 0 amide bonds. The Morgan fingerprint density at radius 1 is 0.619 bits per heavy atom. The summed E-state index contributed by atoms with van der Waals surface area (Å²) in [4.78, 5) is 0. The van der Waals surface area contributed by atoms with Crippen molar-refractivity contribution in [3.05, 3.63) is 150 Å². The van der Waals surface area contributed by atoms with Gasteiger partial charge in [0.1, 0.15) is 0 Å². The number of hydrogen-bond acceptors (Lipinski definition) is 0. The standard InChI is InChI=1S/C19H26Si2.C13H9.C5H5.2ClH.Zr/c1-20(2,3)18-11-7-16(8-12-18)15-17-9-13-19(14-10-17)21(4,5)6;1-3-7-12-10(5-1)9-11-6-2-4-8-13(11)12;1-2-4-5-3-1;;;/h7-14H,1-6H3;1-5,7-8H,9H2;1-5H;2*1H;/q;2*-1;;;+2/p-2. The van der Waals surface area contributed by atoms with E-state index in [-0.39, 0.29) is 24.8 Å². The van der Waals surface area contributed by atoms with Crippen LogP contribution in [0.5, 0.6) is 0 Å². The Morgan fingerprint density at radius 2 is 1.10 bits per heavy atom. The van der Waals surface area contributed by atoms with Gasteiger partial charge in [-0.05, 0) is 6.42 Å². The second-order valence-corrected chi connectivity index (χ2v) is 23.8. The van der Waals surface area contributed by atoms with Crippen LogP contribution in [0.1, 0.15) is 22.3 Å². The average molecular weight is 703 g/mol. The van der Waals surface area contributed by atoms with Gasteiger partial charge < -0.3 is 24.8 Å². The molecule has 1 aliphatic carbocycles. The van der Waals surface area contributed by atoms with E-state index < -0.39 is 16.1 Å². The van der Waals surface area contributed by atoms with Gasteiger partial charge in [0.15, 0.2) is 0 Å². The van der Waals surface area contributed by atoms with Crippen molar-refractivity contribution in [1.82, 2.24) is 0 Å². The Labute approximate surface area is 283 Å². The maximum Gasteiger partial charge on any atom is -0.0253 e. The number of hydrogen-bond donors (Lipinski definition) is 0. The third kappa shape index (κ3) is 9.76. The van der Waals surface area contributed by atoms with Crippen LogP contribution in [0.3, 0.4) is 0 Å². The molecule has 6 rings (SSSR count). The summed E-state index contributed by atoms with van der Waals surface area (Å²) < 4.78 is 1.46. The summed E-state index contributed by atoms with van der Waals surface area (Å²) in [7, 11) is -2.39. The maximum absolute atomic E-state index is 3.30. The number of fused-ring (bicyclic) bond motifs is 3. The second-order valence-electron chi connectivity index (χ2n) is 12.4. The summed E-state index contributed by atoms with van der Waals surface area (Å²) in [5, 5.41) is 3.07. The summed E-state index contributed by atoms with van der Waals surface area (Å²) in [6, 6.07) is 46.7. The Hall–Kier alpha value is -2.00. The van der Waals surface area contributed by atoms with Crippen molar-refractivity contribution < 1.29 is 49.0 Å². The fraction of sp³-hybridized carbons (Fsp3) is 0.189. The molecule has 0 atom stereocenters. The van der Waals surface area contributed by atoms with Gasteiger partial charge in [-0.2, -0.15) is 48.0 Å². The first-order valence-electron chi connectivity index (χ1n) is 14.1. The fourth-order valence-electron chi connectivity index (χ4n) is 4.76. The van der Waals surface area contributed by atoms with Crippen molar-refractivity contribution in [3.8, 4) is 11.1 Å². The topological polar surface area (TPSA) is 0 Å². The zero-order valence-corrected chi connectivity index (χ0v) is 31.5. The molecule has 5 heteroatoms. The van der Waals surface area contributed by atoms with E-state index in [0.717, 1.165) is 6.42 Å². The SMILES string of the molecule is C[Si](C)(C)c1ccc([C](=[Zr+2])c2ccc([Si](C)(C)C)cc2)cc1.[Cl-].[Cl-].[c-]1cccc2c1Cc1ccccc1-2.c1cc[cH-]c1. The van der Waals surface area contributed by atoms with Crippen LogP contribution in [0.2, 0.25) is 39.3 Å². The van der Waals surface area contributed by atoms with E-state index in [1.165, 1.54) is 71.2 Å².